The Morgan fingerprint density at radius 2 is 1.36 bits per heavy atom. The van der Waals surface area contributed by atoms with Crippen molar-refractivity contribution in [3.05, 3.63) is 0 Å². The second-order valence-corrected chi connectivity index (χ2v) is 5.82. The highest BCUT2D eigenvalue weighted by molar-refractivity contribution is 5.67. The van der Waals surface area contributed by atoms with Crippen molar-refractivity contribution >= 4 is 6.09 Å². The minimum absolute atomic E-state index is 0. The molecule has 0 aromatic rings. The summed E-state index contributed by atoms with van der Waals surface area (Å²) in [6, 6.07) is 0. The van der Waals surface area contributed by atoms with Crippen molar-refractivity contribution in [2.75, 3.05) is 45.9 Å². The molecule has 0 saturated heterocycles. The molecular formula is C17H37BrN2O2. The number of quaternary nitrogens is 1. The van der Waals surface area contributed by atoms with Crippen molar-refractivity contribution in [3.63, 3.8) is 0 Å². The van der Waals surface area contributed by atoms with Gasteiger partial charge in [0.25, 0.3) is 0 Å². The summed E-state index contributed by atoms with van der Waals surface area (Å²) in [6.45, 7) is 17.3. The lowest BCUT2D eigenvalue weighted by molar-refractivity contribution is -0.923. The van der Waals surface area contributed by atoms with Crippen LogP contribution in [0.4, 0.5) is 4.79 Å². The molecule has 0 unspecified atom stereocenters. The van der Waals surface area contributed by atoms with Crippen molar-refractivity contribution < 1.29 is 31.0 Å². The Labute approximate surface area is 148 Å². The van der Waals surface area contributed by atoms with Gasteiger partial charge in [0.1, 0.15) is 13.2 Å². The third-order valence-electron chi connectivity index (χ3n) is 4.62. The normalized spacial score (nSPS) is 11.0. The van der Waals surface area contributed by atoms with E-state index >= 15 is 0 Å². The van der Waals surface area contributed by atoms with Gasteiger partial charge in [0, 0.05) is 13.1 Å². The van der Waals surface area contributed by atoms with E-state index in [0.717, 1.165) is 69.4 Å². The fraction of sp³-hybridized carbons (Fsp3) is 0.941. The topological polar surface area (TPSA) is 29.5 Å². The van der Waals surface area contributed by atoms with Gasteiger partial charge in [-0.3, -0.25) is 0 Å². The molecule has 0 atom stereocenters. The average Bonchev–Trinajstić information content (AvgIpc) is 2.52. The van der Waals surface area contributed by atoms with E-state index in [0.29, 0.717) is 6.61 Å². The molecule has 4 nitrogen and oxygen atoms in total. The van der Waals surface area contributed by atoms with Crippen LogP contribution in [-0.4, -0.2) is 61.4 Å². The molecule has 0 saturated carbocycles. The van der Waals surface area contributed by atoms with E-state index in [4.69, 9.17) is 4.74 Å². The smallest absolute Gasteiger partial charge is 0.409 e. The van der Waals surface area contributed by atoms with Gasteiger partial charge in [-0.2, -0.15) is 0 Å². The third-order valence-corrected chi connectivity index (χ3v) is 4.62. The maximum Gasteiger partial charge on any atom is 0.409 e. The largest absolute Gasteiger partial charge is 1.00 e. The summed E-state index contributed by atoms with van der Waals surface area (Å²) in [5, 5.41) is 0. The molecule has 0 radical (unpaired) electrons. The van der Waals surface area contributed by atoms with Crippen molar-refractivity contribution in [3.8, 4) is 0 Å². The Kier molecular flexibility index (Phi) is 15.6. The first-order chi connectivity index (χ1) is 10.1. The molecule has 0 spiro atoms. The SMILES string of the molecule is CCCCN(CCCC)C(=O)OCC[N+](CC)(CC)CC.[Br-]. The Bertz CT molecular complexity index is 255. The van der Waals surface area contributed by atoms with Crippen molar-refractivity contribution in [1.29, 1.82) is 0 Å². The lowest BCUT2D eigenvalue weighted by atomic mass is 10.3. The van der Waals surface area contributed by atoms with Crippen LogP contribution < -0.4 is 17.0 Å². The molecule has 0 N–H and O–H groups in total. The summed E-state index contributed by atoms with van der Waals surface area (Å²) < 4.78 is 6.56. The zero-order valence-electron chi connectivity index (χ0n) is 15.4. The number of halogens is 1. The molecule has 0 aromatic carbocycles. The van der Waals surface area contributed by atoms with Crippen LogP contribution in [0, 0.1) is 0 Å². The fourth-order valence-corrected chi connectivity index (χ4v) is 2.56. The van der Waals surface area contributed by atoms with Gasteiger partial charge >= 0.3 is 6.09 Å². The Morgan fingerprint density at radius 3 is 1.73 bits per heavy atom. The number of likely N-dealkylation sites (N-methyl/N-ethyl adjacent to an activating group) is 1. The van der Waals surface area contributed by atoms with Gasteiger partial charge < -0.3 is 31.1 Å². The number of hydrogen-bond acceptors (Lipinski definition) is 2. The standard InChI is InChI=1S/C17H37N2O2.BrH/c1-6-11-13-18(14-12-7-2)17(20)21-16-15-19(8-3,9-4)10-5;/h6-16H2,1-5H3;1H/q+1;/p-1. The molecular weight excluding hydrogens is 344 g/mol. The molecule has 5 heteroatoms. The van der Waals surface area contributed by atoms with E-state index < -0.39 is 0 Å². The van der Waals surface area contributed by atoms with Gasteiger partial charge in [-0.15, -0.1) is 0 Å². The second kappa shape index (κ2) is 14.3. The summed E-state index contributed by atoms with van der Waals surface area (Å²) in [5.74, 6) is 0. The third kappa shape index (κ3) is 8.99. The maximum absolute atomic E-state index is 12.2. The van der Waals surface area contributed by atoms with E-state index in [2.05, 4.69) is 34.6 Å². The molecule has 0 heterocycles. The van der Waals surface area contributed by atoms with Crippen LogP contribution in [0.25, 0.3) is 0 Å². The maximum atomic E-state index is 12.2. The average molecular weight is 381 g/mol. The number of ether oxygens (including phenoxy) is 1. The lowest BCUT2D eigenvalue weighted by Gasteiger charge is -2.35. The van der Waals surface area contributed by atoms with E-state index in [-0.39, 0.29) is 23.1 Å². The second-order valence-electron chi connectivity index (χ2n) is 5.82. The van der Waals surface area contributed by atoms with E-state index in [9.17, 15) is 4.79 Å². The molecule has 0 aliphatic carbocycles. The number of amides is 1. The quantitative estimate of drug-likeness (QED) is 0.471. The summed E-state index contributed by atoms with van der Waals surface area (Å²) in [6.07, 6.45) is 4.20. The fourth-order valence-electron chi connectivity index (χ4n) is 2.56. The van der Waals surface area contributed by atoms with Crippen LogP contribution in [0.2, 0.25) is 0 Å². The summed E-state index contributed by atoms with van der Waals surface area (Å²) in [4.78, 5) is 14.1. The van der Waals surface area contributed by atoms with Crippen LogP contribution in [0.1, 0.15) is 60.3 Å². The number of rotatable bonds is 12. The molecule has 1 amide bonds. The Hall–Kier alpha value is -0.290. The van der Waals surface area contributed by atoms with E-state index in [1.165, 1.54) is 0 Å². The number of nitrogens with zero attached hydrogens (tertiary/aromatic N) is 2. The van der Waals surface area contributed by atoms with Crippen LogP contribution in [-0.2, 0) is 4.74 Å². The molecule has 0 aliphatic rings. The first-order valence-corrected chi connectivity index (χ1v) is 8.85. The zero-order chi connectivity index (χ0) is 16.1. The van der Waals surface area contributed by atoms with E-state index in [1.54, 1.807) is 0 Å². The van der Waals surface area contributed by atoms with Gasteiger partial charge in [0.2, 0.25) is 0 Å². The van der Waals surface area contributed by atoms with Gasteiger partial charge in [-0.25, -0.2) is 4.79 Å². The van der Waals surface area contributed by atoms with Crippen LogP contribution in [0.5, 0.6) is 0 Å². The van der Waals surface area contributed by atoms with Gasteiger partial charge in [-0.05, 0) is 33.6 Å². The highest BCUT2D eigenvalue weighted by Crippen LogP contribution is 2.07. The summed E-state index contributed by atoms with van der Waals surface area (Å²) >= 11 is 0. The molecule has 0 aromatic heterocycles. The van der Waals surface area contributed by atoms with Crippen LogP contribution >= 0.6 is 0 Å². The monoisotopic (exact) mass is 380 g/mol. The first kappa shape index (κ1) is 24.0. The minimum Gasteiger partial charge on any atom is -1.00 e. The van der Waals surface area contributed by atoms with Crippen molar-refractivity contribution in [2.45, 2.75) is 60.3 Å². The Balaban J connectivity index is 0. The molecule has 134 valence electrons. The summed E-state index contributed by atoms with van der Waals surface area (Å²) in [5.41, 5.74) is 0. The number of hydrogen-bond donors (Lipinski definition) is 0. The molecule has 0 rings (SSSR count). The Morgan fingerprint density at radius 1 is 0.909 bits per heavy atom. The summed E-state index contributed by atoms with van der Waals surface area (Å²) in [7, 11) is 0. The van der Waals surface area contributed by atoms with Crippen LogP contribution in [0.3, 0.4) is 0 Å². The first-order valence-electron chi connectivity index (χ1n) is 8.85. The highest BCUT2D eigenvalue weighted by atomic mass is 79.9. The molecule has 22 heavy (non-hydrogen) atoms. The number of carbonyl (C=O) groups excluding carboxylic acids is 1. The predicted molar refractivity (Wildman–Crippen MR) is 89.5 cm³/mol. The number of unbranched alkanes of at least 4 members (excludes halogenated alkanes) is 2. The number of carbonyl (C=O) groups is 1. The molecule has 0 bridgehead atoms. The van der Waals surface area contributed by atoms with Crippen molar-refractivity contribution in [1.82, 2.24) is 4.90 Å². The van der Waals surface area contributed by atoms with Gasteiger partial charge in [0.05, 0.1) is 19.6 Å². The van der Waals surface area contributed by atoms with Crippen molar-refractivity contribution in [2.24, 2.45) is 0 Å². The minimum atomic E-state index is -0.127. The van der Waals surface area contributed by atoms with E-state index in [1.807, 2.05) is 4.90 Å². The molecule has 0 fully saturated rings. The highest BCUT2D eigenvalue weighted by Gasteiger charge is 2.22. The van der Waals surface area contributed by atoms with Crippen LogP contribution in [0.15, 0.2) is 0 Å². The predicted octanol–water partition coefficient (Wildman–Crippen LogP) is 0.906. The zero-order valence-corrected chi connectivity index (χ0v) is 17.0. The molecule has 0 aliphatic heterocycles. The van der Waals surface area contributed by atoms with Gasteiger partial charge in [0.15, 0.2) is 0 Å². The van der Waals surface area contributed by atoms with Gasteiger partial charge in [-0.1, -0.05) is 26.7 Å². The lowest BCUT2D eigenvalue weighted by Crippen LogP contribution is -3.00.